The van der Waals surface area contributed by atoms with Crippen LogP contribution in [0.4, 0.5) is 5.69 Å². The van der Waals surface area contributed by atoms with Crippen molar-refractivity contribution in [2.45, 2.75) is 54.6 Å². The summed E-state index contributed by atoms with van der Waals surface area (Å²) in [6, 6.07) is 13.2. The van der Waals surface area contributed by atoms with E-state index < -0.39 is 0 Å². The van der Waals surface area contributed by atoms with Crippen LogP contribution in [-0.4, -0.2) is 28.3 Å². The minimum absolute atomic E-state index is 0.215. The number of hydrogen-bond acceptors (Lipinski definition) is 4. The lowest BCUT2D eigenvalue weighted by atomic mass is 10.1. The van der Waals surface area contributed by atoms with Crippen LogP contribution >= 0.6 is 0 Å². The number of carbonyl (C=O) groups is 1. The Bertz CT molecular complexity index is 1150. The van der Waals surface area contributed by atoms with E-state index in [0.29, 0.717) is 24.7 Å². The SMILES string of the molecule is CCOc1ccc(NC(=NCc2c(C)nn(CC)c2C)NC(=O)c2ccc(C)c(C)c2)cc1. The highest BCUT2D eigenvalue weighted by molar-refractivity contribution is 6.10. The zero-order valence-electron chi connectivity index (χ0n) is 20.3. The molecule has 1 amide bonds. The maximum Gasteiger partial charge on any atom is 0.257 e. The number of nitrogens with zero attached hydrogens (tertiary/aromatic N) is 3. The maximum absolute atomic E-state index is 13.0. The first-order valence-corrected chi connectivity index (χ1v) is 11.3. The van der Waals surface area contributed by atoms with Gasteiger partial charge >= 0.3 is 0 Å². The predicted molar refractivity (Wildman–Crippen MR) is 133 cm³/mol. The number of nitrogens with one attached hydrogen (secondary N) is 2. The quantitative estimate of drug-likeness (QED) is 0.397. The number of amides is 1. The Hall–Kier alpha value is -3.61. The van der Waals surface area contributed by atoms with Gasteiger partial charge in [-0.25, -0.2) is 4.99 Å². The average molecular weight is 448 g/mol. The summed E-state index contributed by atoms with van der Waals surface area (Å²) in [6.07, 6.45) is 0. The molecule has 174 valence electrons. The predicted octanol–water partition coefficient (Wildman–Crippen LogP) is 4.93. The standard InChI is InChI=1S/C26H33N5O2/c1-7-31-20(6)24(19(5)30-31)16-27-26(28-22-11-13-23(14-12-22)33-8-2)29-25(32)21-10-9-17(3)18(4)15-21/h9-15H,7-8,16H2,1-6H3,(H2,27,28,29,32). The number of guanidine groups is 1. The smallest absolute Gasteiger partial charge is 0.257 e. The number of ether oxygens (including phenoxy) is 1. The second-order valence-electron chi connectivity index (χ2n) is 7.97. The molecule has 3 rings (SSSR count). The summed E-state index contributed by atoms with van der Waals surface area (Å²) in [7, 11) is 0. The molecule has 3 aromatic rings. The van der Waals surface area contributed by atoms with Gasteiger partial charge in [0.1, 0.15) is 5.75 Å². The van der Waals surface area contributed by atoms with Crippen molar-refractivity contribution in [3.8, 4) is 5.75 Å². The summed E-state index contributed by atoms with van der Waals surface area (Å²) >= 11 is 0. The van der Waals surface area contributed by atoms with Crippen LogP contribution in [0.3, 0.4) is 0 Å². The van der Waals surface area contributed by atoms with Crippen LogP contribution in [0.15, 0.2) is 47.5 Å². The van der Waals surface area contributed by atoms with Crippen LogP contribution in [-0.2, 0) is 13.1 Å². The first kappa shape index (κ1) is 24.0. The number of aromatic nitrogens is 2. The number of aliphatic imine (C=N–C) groups is 1. The fourth-order valence-corrected chi connectivity index (χ4v) is 3.54. The van der Waals surface area contributed by atoms with Crippen LogP contribution in [0.1, 0.15) is 52.3 Å². The van der Waals surface area contributed by atoms with Gasteiger partial charge in [-0.05, 0) is 89.1 Å². The maximum atomic E-state index is 13.0. The van der Waals surface area contributed by atoms with Gasteiger partial charge in [-0.3, -0.25) is 14.8 Å². The number of anilines is 1. The average Bonchev–Trinajstić information content (AvgIpc) is 3.07. The number of aryl methyl sites for hydroxylation is 4. The van der Waals surface area contributed by atoms with Crippen molar-refractivity contribution in [2.75, 3.05) is 11.9 Å². The summed E-state index contributed by atoms with van der Waals surface area (Å²) in [6.45, 7) is 13.9. The largest absolute Gasteiger partial charge is 0.494 e. The minimum atomic E-state index is -0.215. The Morgan fingerprint density at radius 3 is 2.36 bits per heavy atom. The molecular formula is C26H33N5O2. The van der Waals surface area contributed by atoms with Crippen LogP contribution in [0, 0.1) is 27.7 Å². The molecule has 0 aliphatic rings. The normalized spacial score (nSPS) is 11.4. The van der Waals surface area contributed by atoms with Crippen molar-refractivity contribution < 1.29 is 9.53 Å². The first-order valence-electron chi connectivity index (χ1n) is 11.3. The third kappa shape index (κ3) is 6.00. The van der Waals surface area contributed by atoms with Gasteiger partial charge < -0.3 is 10.1 Å². The van der Waals surface area contributed by atoms with Gasteiger partial charge in [0.2, 0.25) is 5.96 Å². The lowest BCUT2D eigenvalue weighted by Crippen LogP contribution is -2.36. The van der Waals surface area contributed by atoms with Crippen molar-refractivity contribution in [2.24, 2.45) is 4.99 Å². The molecule has 0 aliphatic carbocycles. The van der Waals surface area contributed by atoms with E-state index >= 15 is 0 Å². The van der Waals surface area contributed by atoms with Crippen LogP contribution < -0.4 is 15.4 Å². The first-order chi connectivity index (χ1) is 15.8. The monoisotopic (exact) mass is 447 g/mol. The Balaban J connectivity index is 1.86. The van der Waals surface area contributed by atoms with E-state index in [1.54, 1.807) is 0 Å². The van der Waals surface area contributed by atoms with Gasteiger partial charge in [-0.2, -0.15) is 5.10 Å². The highest BCUT2D eigenvalue weighted by Crippen LogP contribution is 2.17. The number of carbonyl (C=O) groups excluding carboxylic acids is 1. The lowest BCUT2D eigenvalue weighted by molar-refractivity contribution is 0.0977. The zero-order valence-corrected chi connectivity index (χ0v) is 20.3. The zero-order chi connectivity index (χ0) is 24.0. The fraction of sp³-hybridized carbons (Fsp3) is 0.346. The van der Waals surface area contributed by atoms with Gasteiger partial charge in [0.05, 0.1) is 18.8 Å². The van der Waals surface area contributed by atoms with Crippen LogP contribution in [0.25, 0.3) is 0 Å². The summed E-state index contributed by atoms with van der Waals surface area (Å²) in [5.41, 5.74) is 6.69. The Morgan fingerprint density at radius 1 is 1.03 bits per heavy atom. The fourth-order valence-electron chi connectivity index (χ4n) is 3.54. The molecule has 0 fully saturated rings. The summed E-state index contributed by atoms with van der Waals surface area (Å²) in [5.74, 6) is 0.956. The molecule has 0 unspecified atom stereocenters. The van der Waals surface area contributed by atoms with Gasteiger partial charge in [-0.15, -0.1) is 0 Å². The van der Waals surface area contributed by atoms with E-state index in [-0.39, 0.29) is 5.91 Å². The third-order valence-electron chi connectivity index (χ3n) is 5.66. The van der Waals surface area contributed by atoms with E-state index in [2.05, 4.69) is 22.7 Å². The van der Waals surface area contributed by atoms with E-state index in [4.69, 9.17) is 9.73 Å². The topological polar surface area (TPSA) is 80.5 Å². The molecule has 33 heavy (non-hydrogen) atoms. The molecule has 0 bridgehead atoms. The van der Waals surface area contributed by atoms with Crippen molar-refractivity contribution in [1.29, 1.82) is 0 Å². The summed E-state index contributed by atoms with van der Waals surface area (Å²) < 4.78 is 7.48. The Morgan fingerprint density at radius 2 is 1.76 bits per heavy atom. The van der Waals surface area contributed by atoms with Gasteiger partial charge in [-0.1, -0.05) is 6.07 Å². The molecule has 1 heterocycles. The van der Waals surface area contributed by atoms with Crippen LogP contribution in [0.2, 0.25) is 0 Å². The van der Waals surface area contributed by atoms with Gasteiger partial charge in [0, 0.05) is 29.1 Å². The molecule has 2 N–H and O–H groups in total. The van der Waals surface area contributed by atoms with Crippen molar-refractivity contribution in [1.82, 2.24) is 15.1 Å². The van der Waals surface area contributed by atoms with E-state index in [0.717, 1.165) is 46.1 Å². The second kappa shape index (κ2) is 10.8. The van der Waals surface area contributed by atoms with Crippen molar-refractivity contribution in [3.05, 3.63) is 76.1 Å². The molecule has 0 aliphatic heterocycles. The molecule has 0 saturated carbocycles. The molecule has 1 aromatic heterocycles. The highest BCUT2D eigenvalue weighted by atomic mass is 16.5. The van der Waals surface area contributed by atoms with Gasteiger partial charge in [0.25, 0.3) is 5.91 Å². The van der Waals surface area contributed by atoms with E-state index in [1.807, 2.05) is 81.8 Å². The Kier molecular flexibility index (Phi) is 7.87. The lowest BCUT2D eigenvalue weighted by Gasteiger charge is -2.13. The minimum Gasteiger partial charge on any atom is -0.494 e. The number of benzene rings is 2. The summed E-state index contributed by atoms with van der Waals surface area (Å²) in [4.78, 5) is 17.7. The van der Waals surface area contributed by atoms with Crippen molar-refractivity contribution >= 4 is 17.6 Å². The molecule has 2 aromatic carbocycles. The van der Waals surface area contributed by atoms with E-state index in [9.17, 15) is 4.79 Å². The summed E-state index contributed by atoms with van der Waals surface area (Å²) in [5, 5.41) is 10.7. The molecule has 0 atom stereocenters. The Labute approximate surface area is 195 Å². The second-order valence-corrected chi connectivity index (χ2v) is 7.97. The third-order valence-corrected chi connectivity index (χ3v) is 5.66. The van der Waals surface area contributed by atoms with E-state index in [1.165, 1.54) is 0 Å². The highest BCUT2D eigenvalue weighted by Gasteiger charge is 2.13. The van der Waals surface area contributed by atoms with Crippen LogP contribution in [0.5, 0.6) is 5.75 Å². The number of hydrogen-bond donors (Lipinski definition) is 2. The van der Waals surface area contributed by atoms with Crippen molar-refractivity contribution in [3.63, 3.8) is 0 Å². The number of rotatable bonds is 7. The van der Waals surface area contributed by atoms with Gasteiger partial charge in [0.15, 0.2) is 0 Å². The molecule has 0 radical (unpaired) electrons. The molecular weight excluding hydrogens is 414 g/mol. The molecule has 0 spiro atoms. The molecule has 7 nitrogen and oxygen atoms in total. The molecule has 0 saturated heterocycles. The molecule has 7 heteroatoms.